The molecule has 2 rings (SSSR count). The van der Waals surface area contributed by atoms with Gasteiger partial charge in [-0.25, -0.2) is 8.42 Å². The van der Waals surface area contributed by atoms with Crippen LogP contribution in [0.3, 0.4) is 0 Å². The van der Waals surface area contributed by atoms with Crippen molar-refractivity contribution in [1.82, 2.24) is 4.31 Å². The van der Waals surface area contributed by atoms with Crippen LogP contribution in [0, 0.1) is 12.8 Å². The second kappa shape index (κ2) is 6.16. The molecule has 0 aromatic heterocycles. The van der Waals surface area contributed by atoms with E-state index in [0.29, 0.717) is 15.3 Å². The van der Waals surface area contributed by atoms with Crippen LogP contribution in [0.2, 0.25) is 0 Å². The molecule has 2 atom stereocenters. The van der Waals surface area contributed by atoms with Gasteiger partial charge < -0.3 is 0 Å². The van der Waals surface area contributed by atoms with E-state index < -0.39 is 10.0 Å². The number of hydrogen-bond donors (Lipinski definition) is 0. The molecule has 3 nitrogen and oxygen atoms in total. The van der Waals surface area contributed by atoms with Gasteiger partial charge in [-0.3, -0.25) is 0 Å². The predicted octanol–water partition coefficient (Wildman–Crippen LogP) is 3.96. The van der Waals surface area contributed by atoms with Crippen LogP contribution in [-0.4, -0.2) is 25.8 Å². The fourth-order valence-corrected chi connectivity index (χ4v) is 5.62. The molecule has 1 aliphatic carbocycles. The summed E-state index contributed by atoms with van der Waals surface area (Å²) in [5.74, 6) is 0.424. The summed E-state index contributed by atoms with van der Waals surface area (Å²) in [6.45, 7) is 4.11. The molecular weight excluding hydrogens is 338 g/mol. The largest absolute Gasteiger partial charge is 0.244 e. The third kappa shape index (κ3) is 3.10. The van der Waals surface area contributed by atoms with Crippen LogP contribution in [-0.2, 0) is 10.0 Å². The maximum atomic E-state index is 12.8. The number of benzene rings is 1. The second-order valence-electron chi connectivity index (χ2n) is 5.78. The fourth-order valence-electron chi connectivity index (χ4n) is 2.99. The van der Waals surface area contributed by atoms with Gasteiger partial charge in [-0.05, 0) is 59.3 Å². The lowest BCUT2D eigenvalue weighted by Gasteiger charge is -2.35. The van der Waals surface area contributed by atoms with Crippen molar-refractivity contribution in [3.8, 4) is 0 Å². The molecule has 1 aromatic carbocycles. The first kappa shape index (κ1) is 16.0. The molecule has 0 radical (unpaired) electrons. The number of nitrogens with zero attached hydrogens (tertiary/aromatic N) is 1. The molecule has 1 aliphatic rings. The highest BCUT2D eigenvalue weighted by Crippen LogP contribution is 2.32. The maximum Gasteiger partial charge on any atom is 0.244 e. The zero-order valence-electron chi connectivity index (χ0n) is 12.3. The van der Waals surface area contributed by atoms with Crippen molar-refractivity contribution in [2.75, 3.05) is 7.05 Å². The van der Waals surface area contributed by atoms with Crippen molar-refractivity contribution >= 4 is 26.0 Å². The van der Waals surface area contributed by atoms with Gasteiger partial charge in [0.25, 0.3) is 0 Å². The van der Waals surface area contributed by atoms with E-state index in [2.05, 4.69) is 22.9 Å². The minimum absolute atomic E-state index is 0.113. The summed E-state index contributed by atoms with van der Waals surface area (Å²) in [7, 11) is -1.72. The molecule has 1 saturated carbocycles. The molecule has 1 aromatic rings. The Bertz CT molecular complexity index is 586. The summed E-state index contributed by atoms with van der Waals surface area (Å²) in [5, 5.41) is 0. The van der Waals surface area contributed by atoms with Gasteiger partial charge in [0, 0.05) is 17.6 Å². The summed E-state index contributed by atoms with van der Waals surface area (Å²) in [6, 6.07) is 5.50. The van der Waals surface area contributed by atoms with E-state index in [1.807, 2.05) is 19.1 Å². The van der Waals surface area contributed by atoms with E-state index in [-0.39, 0.29) is 6.04 Å². The Morgan fingerprint density at radius 2 is 1.90 bits per heavy atom. The molecule has 0 N–H and O–H groups in total. The summed E-state index contributed by atoms with van der Waals surface area (Å²) in [5.41, 5.74) is 1.05. The first-order chi connectivity index (χ1) is 9.34. The Labute approximate surface area is 130 Å². The van der Waals surface area contributed by atoms with Crippen molar-refractivity contribution in [3.63, 3.8) is 0 Å². The minimum atomic E-state index is -3.43. The normalized spacial score (nSPS) is 24.1. The second-order valence-corrected chi connectivity index (χ2v) is 8.60. The molecule has 112 valence electrons. The third-order valence-corrected chi connectivity index (χ3v) is 7.14. The Kier molecular flexibility index (Phi) is 4.92. The van der Waals surface area contributed by atoms with E-state index in [1.54, 1.807) is 17.4 Å². The molecular formula is C15H22BrNO2S. The smallest absolute Gasteiger partial charge is 0.207 e. The molecule has 20 heavy (non-hydrogen) atoms. The number of aryl methyl sites for hydroxylation is 1. The SMILES string of the molecule is Cc1ccc(S(=O)(=O)N(C)[C@H]2CCCC[C@H]2C)c(Br)c1. The van der Waals surface area contributed by atoms with Crippen LogP contribution >= 0.6 is 15.9 Å². The van der Waals surface area contributed by atoms with Crippen LogP contribution in [0.25, 0.3) is 0 Å². The lowest BCUT2D eigenvalue weighted by molar-refractivity contribution is 0.213. The fraction of sp³-hybridized carbons (Fsp3) is 0.600. The van der Waals surface area contributed by atoms with Crippen molar-refractivity contribution in [2.24, 2.45) is 5.92 Å². The van der Waals surface area contributed by atoms with Crippen LogP contribution in [0.4, 0.5) is 0 Å². The lowest BCUT2D eigenvalue weighted by atomic mass is 9.86. The van der Waals surface area contributed by atoms with Crippen molar-refractivity contribution in [3.05, 3.63) is 28.2 Å². The van der Waals surface area contributed by atoms with E-state index in [1.165, 1.54) is 6.42 Å². The summed E-state index contributed by atoms with van der Waals surface area (Å²) in [6.07, 6.45) is 4.39. The van der Waals surface area contributed by atoms with Crippen LogP contribution in [0.5, 0.6) is 0 Å². The van der Waals surface area contributed by atoms with Crippen molar-refractivity contribution < 1.29 is 8.42 Å². The average Bonchev–Trinajstić information content (AvgIpc) is 2.38. The molecule has 0 unspecified atom stereocenters. The number of halogens is 1. The van der Waals surface area contributed by atoms with E-state index in [9.17, 15) is 8.42 Å². The summed E-state index contributed by atoms with van der Waals surface area (Å²) >= 11 is 3.38. The highest BCUT2D eigenvalue weighted by atomic mass is 79.9. The topological polar surface area (TPSA) is 37.4 Å². The molecule has 0 aliphatic heterocycles. The zero-order chi connectivity index (χ0) is 14.9. The van der Waals surface area contributed by atoms with Gasteiger partial charge in [-0.2, -0.15) is 4.31 Å². The standard InChI is InChI=1S/C15H22BrNO2S/c1-11-8-9-15(13(16)10-11)20(18,19)17(3)14-7-5-4-6-12(14)2/h8-10,12,14H,4-7H2,1-3H3/t12-,14+/m1/s1. The van der Waals surface area contributed by atoms with E-state index in [0.717, 1.165) is 24.8 Å². The van der Waals surface area contributed by atoms with Gasteiger partial charge in [-0.15, -0.1) is 0 Å². The van der Waals surface area contributed by atoms with Gasteiger partial charge in [0.15, 0.2) is 0 Å². The van der Waals surface area contributed by atoms with Gasteiger partial charge in [0.1, 0.15) is 0 Å². The Morgan fingerprint density at radius 3 is 2.50 bits per heavy atom. The quantitative estimate of drug-likeness (QED) is 0.818. The third-order valence-electron chi connectivity index (χ3n) is 4.28. The first-order valence-electron chi connectivity index (χ1n) is 7.08. The Balaban J connectivity index is 2.33. The number of hydrogen-bond acceptors (Lipinski definition) is 2. The van der Waals surface area contributed by atoms with Crippen molar-refractivity contribution in [2.45, 2.75) is 50.5 Å². The lowest BCUT2D eigenvalue weighted by Crippen LogP contribution is -2.42. The molecule has 0 spiro atoms. The molecule has 0 bridgehead atoms. The molecule has 1 fully saturated rings. The van der Waals surface area contributed by atoms with Crippen LogP contribution in [0.1, 0.15) is 38.2 Å². The predicted molar refractivity (Wildman–Crippen MR) is 85.2 cm³/mol. The van der Waals surface area contributed by atoms with Crippen LogP contribution < -0.4 is 0 Å². The maximum absolute atomic E-state index is 12.8. The molecule has 0 heterocycles. The molecule has 5 heteroatoms. The number of rotatable bonds is 3. The Hall–Kier alpha value is -0.390. The minimum Gasteiger partial charge on any atom is -0.207 e. The first-order valence-corrected chi connectivity index (χ1v) is 9.31. The summed E-state index contributed by atoms with van der Waals surface area (Å²) < 4.78 is 27.8. The van der Waals surface area contributed by atoms with Gasteiger partial charge in [0.2, 0.25) is 10.0 Å². The van der Waals surface area contributed by atoms with Gasteiger partial charge in [0.05, 0.1) is 4.90 Å². The van der Waals surface area contributed by atoms with E-state index >= 15 is 0 Å². The average molecular weight is 360 g/mol. The number of sulfonamides is 1. The van der Waals surface area contributed by atoms with Crippen molar-refractivity contribution in [1.29, 1.82) is 0 Å². The Morgan fingerprint density at radius 1 is 1.25 bits per heavy atom. The summed E-state index contributed by atoms with van der Waals surface area (Å²) in [4.78, 5) is 0.364. The van der Waals surface area contributed by atoms with Gasteiger partial charge in [-0.1, -0.05) is 25.8 Å². The zero-order valence-corrected chi connectivity index (χ0v) is 14.7. The van der Waals surface area contributed by atoms with E-state index in [4.69, 9.17) is 0 Å². The highest BCUT2D eigenvalue weighted by molar-refractivity contribution is 9.10. The highest BCUT2D eigenvalue weighted by Gasteiger charge is 2.33. The van der Waals surface area contributed by atoms with Gasteiger partial charge >= 0.3 is 0 Å². The molecule has 0 amide bonds. The molecule has 0 saturated heterocycles. The monoisotopic (exact) mass is 359 g/mol. The van der Waals surface area contributed by atoms with Crippen LogP contribution in [0.15, 0.2) is 27.6 Å².